The molecular formula is C15H14ClNO6. The van der Waals surface area contributed by atoms with Gasteiger partial charge in [-0.25, -0.2) is 4.79 Å². The molecule has 0 saturated carbocycles. The van der Waals surface area contributed by atoms with Crippen molar-refractivity contribution in [3.8, 4) is 11.5 Å². The summed E-state index contributed by atoms with van der Waals surface area (Å²) in [6, 6.07) is 3.38. The molecule has 0 aromatic heterocycles. The Bertz CT molecular complexity index is 674. The van der Waals surface area contributed by atoms with Gasteiger partial charge in [-0.1, -0.05) is 11.6 Å². The molecule has 7 nitrogen and oxygen atoms in total. The number of fused-ring (bicyclic) bond motifs is 1. The Morgan fingerprint density at radius 1 is 1.35 bits per heavy atom. The third kappa shape index (κ3) is 3.40. The lowest BCUT2D eigenvalue weighted by atomic mass is 10.2. The number of carbonyl (C=O) groups excluding carboxylic acids is 1. The first-order valence-electron chi connectivity index (χ1n) is 6.95. The maximum atomic E-state index is 12.2. The van der Waals surface area contributed by atoms with E-state index in [1.54, 1.807) is 18.2 Å². The van der Waals surface area contributed by atoms with Crippen LogP contribution in [0.2, 0.25) is 5.02 Å². The third-order valence-corrected chi connectivity index (χ3v) is 3.80. The van der Waals surface area contributed by atoms with Gasteiger partial charge in [0.1, 0.15) is 0 Å². The number of carbonyl (C=O) groups is 2. The fourth-order valence-corrected chi connectivity index (χ4v) is 2.63. The minimum absolute atomic E-state index is 0.0282. The molecule has 0 spiro atoms. The SMILES string of the molecule is O=C(O)C1CN(C(=O)/C=C/c2cc(Cl)c3c(c2)OCO3)CCO1. The minimum atomic E-state index is -1.07. The monoisotopic (exact) mass is 339 g/mol. The molecule has 2 aliphatic heterocycles. The van der Waals surface area contributed by atoms with E-state index >= 15 is 0 Å². The molecule has 3 rings (SSSR count). The van der Waals surface area contributed by atoms with Gasteiger partial charge in [-0.3, -0.25) is 4.79 Å². The largest absolute Gasteiger partial charge is 0.479 e. The van der Waals surface area contributed by atoms with Gasteiger partial charge in [-0.2, -0.15) is 0 Å². The fourth-order valence-electron chi connectivity index (χ4n) is 2.36. The zero-order valence-corrected chi connectivity index (χ0v) is 12.8. The van der Waals surface area contributed by atoms with Crippen molar-refractivity contribution in [3.05, 3.63) is 28.8 Å². The van der Waals surface area contributed by atoms with Crippen LogP contribution in [0.1, 0.15) is 5.56 Å². The highest BCUT2D eigenvalue weighted by Crippen LogP contribution is 2.40. The summed E-state index contributed by atoms with van der Waals surface area (Å²) in [5, 5.41) is 9.35. The predicted molar refractivity (Wildman–Crippen MR) is 80.6 cm³/mol. The summed E-state index contributed by atoms with van der Waals surface area (Å²) in [6.07, 6.45) is 1.99. The molecule has 1 fully saturated rings. The first-order valence-corrected chi connectivity index (χ1v) is 7.33. The summed E-state index contributed by atoms with van der Waals surface area (Å²) in [7, 11) is 0. The van der Waals surface area contributed by atoms with Crippen LogP contribution >= 0.6 is 11.6 Å². The predicted octanol–water partition coefficient (Wildman–Crippen LogP) is 1.39. The van der Waals surface area contributed by atoms with Gasteiger partial charge in [-0.15, -0.1) is 0 Å². The number of rotatable bonds is 3. The molecule has 122 valence electrons. The molecule has 2 heterocycles. The van der Waals surface area contributed by atoms with Crippen LogP contribution in [0.4, 0.5) is 0 Å². The first-order chi connectivity index (χ1) is 11.0. The summed E-state index contributed by atoms with van der Waals surface area (Å²) >= 11 is 6.08. The van der Waals surface area contributed by atoms with Crippen molar-refractivity contribution < 1.29 is 28.9 Å². The van der Waals surface area contributed by atoms with Crippen LogP contribution < -0.4 is 9.47 Å². The van der Waals surface area contributed by atoms with E-state index in [-0.39, 0.29) is 25.9 Å². The number of aliphatic carboxylic acids is 1. The topological polar surface area (TPSA) is 85.3 Å². The average Bonchev–Trinajstić information content (AvgIpc) is 3.02. The van der Waals surface area contributed by atoms with Crippen molar-refractivity contribution in [1.82, 2.24) is 4.90 Å². The van der Waals surface area contributed by atoms with Crippen LogP contribution in [-0.2, 0) is 14.3 Å². The minimum Gasteiger partial charge on any atom is -0.479 e. The van der Waals surface area contributed by atoms with Gasteiger partial charge in [0.15, 0.2) is 17.6 Å². The summed E-state index contributed by atoms with van der Waals surface area (Å²) in [6.45, 7) is 0.702. The molecule has 0 radical (unpaired) electrons. The van der Waals surface area contributed by atoms with Crippen molar-refractivity contribution in [1.29, 1.82) is 0 Å². The zero-order chi connectivity index (χ0) is 16.4. The summed E-state index contributed by atoms with van der Waals surface area (Å²) in [5.74, 6) is -0.336. The number of morpholine rings is 1. The first kappa shape index (κ1) is 15.6. The molecule has 0 bridgehead atoms. The van der Waals surface area contributed by atoms with E-state index in [4.69, 9.17) is 30.9 Å². The van der Waals surface area contributed by atoms with Gasteiger partial charge in [0.25, 0.3) is 0 Å². The number of nitrogens with zero attached hydrogens (tertiary/aromatic N) is 1. The molecule has 1 aromatic rings. The Labute approximate surface area is 137 Å². The number of halogens is 1. The highest BCUT2D eigenvalue weighted by molar-refractivity contribution is 6.32. The molecular weight excluding hydrogens is 326 g/mol. The van der Waals surface area contributed by atoms with Crippen molar-refractivity contribution in [2.75, 3.05) is 26.5 Å². The van der Waals surface area contributed by atoms with E-state index in [1.165, 1.54) is 11.0 Å². The number of ether oxygens (including phenoxy) is 3. The lowest BCUT2D eigenvalue weighted by Gasteiger charge is -2.30. The summed E-state index contributed by atoms with van der Waals surface area (Å²) < 4.78 is 15.6. The van der Waals surface area contributed by atoms with Crippen molar-refractivity contribution in [2.45, 2.75) is 6.10 Å². The molecule has 1 N–H and O–H groups in total. The van der Waals surface area contributed by atoms with Crippen LogP contribution in [-0.4, -0.2) is 54.5 Å². The Hall–Kier alpha value is -2.25. The number of carboxylic acid groups (broad SMARTS) is 1. The second kappa shape index (κ2) is 6.47. The Balaban J connectivity index is 1.69. The van der Waals surface area contributed by atoms with E-state index in [0.717, 1.165) is 0 Å². The highest BCUT2D eigenvalue weighted by Gasteiger charge is 2.28. The van der Waals surface area contributed by atoms with Crippen LogP contribution in [0, 0.1) is 0 Å². The highest BCUT2D eigenvalue weighted by atomic mass is 35.5. The van der Waals surface area contributed by atoms with E-state index in [1.807, 2.05) is 0 Å². The molecule has 2 aliphatic rings. The van der Waals surface area contributed by atoms with Gasteiger partial charge >= 0.3 is 5.97 Å². The third-order valence-electron chi connectivity index (χ3n) is 3.52. The van der Waals surface area contributed by atoms with E-state index in [0.29, 0.717) is 28.6 Å². The van der Waals surface area contributed by atoms with Crippen molar-refractivity contribution in [3.63, 3.8) is 0 Å². The molecule has 23 heavy (non-hydrogen) atoms. The quantitative estimate of drug-likeness (QED) is 0.838. The van der Waals surface area contributed by atoms with Gasteiger partial charge < -0.3 is 24.2 Å². The van der Waals surface area contributed by atoms with Crippen LogP contribution in [0.15, 0.2) is 18.2 Å². The van der Waals surface area contributed by atoms with E-state index < -0.39 is 12.1 Å². The number of benzene rings is 1. The van der Waals surface area contributed by atoms with Crippen molar-refractivity contribution >= 4 is 29.6 Å². The maximum absolute atomic E-state index is 12.2. The van der Waals surface area contributed by atoms with Crippen molar-refractivity contribution in [2.24, 2.45) is 0 Å². The standard InChI is InChI=1S/C15H14ClNO6/c16-10-5-9(6-11-14(10)23-8-22-11)1-2-13(18)17-3-4-21-12(7-17)15(19)20/h1-2,5-6,12H,3-4,7-8H2,(H,19,20)/b2-1+. The Morgan fingerprint density at radius 2 is 2.17 bits per heavy atom. The normalized spacial score (nSPS) is 20.0. The molecule has 8 heteroatoms. The molecule has 1 amide bonds. The Morgan fingerprint density at radius 3 is 2.96 bits per heavy atom. The lowest BCUT2D eigenvalue weighted by molar-refractivity contribution is -0.158. The van der Waals surface area contributed by atoms with Crippen LogP contribution in [0.25, 0.3) is 6.08 Å². The number of carboxylic acids is 1. The average molecular weight is 340 g/mol. The van der Waals surface area contributed by atoms with Gasteiger partial charge in [0.2, 0.25) is 12.7 Å². The lowest BCUT2D eigenvalue weighted by Crippen LogP contribution is -2.48. The number of hydrogen-bond donors (Lipinski definition) is 1. The molecule has 1 saturated heterocycles. The van der Waals surface area contributed by atoms with Crippen LogP contribution in [0.3, 0.4) is 0 Å². The maximum Gasteiger partial charge on any atom is 0.334 e. The molecule has 1 atom stereocenters. The Kier molecular flexibility index (Phi) is 4.40. The summed E-state index contributed by atoms with van der Waals surface area (Å²) in [5.41, 5.74) is 0.690. The molecule has 1 aromatic carbocycles. The second-order valence-electron chi connectivity index (χ2n) is 5.05. The number of amides is 1. The van der Waals surface area contributed by atoms with E-state index in [9.17, 15) is 9.59 Å². The zero-order valence-electron chi connectivity index (χ0n) is 12.0. The van der Waals surface area contributed by atoms with Gasteiger partial charge in [-0.05, 0) is 23.8 Å². The molecule has 0 aliphatic carbocycles. The second-order valence-corrected chi connectivity index (χ2v) is 5.46. The molecule has 1 unspecified atom stereocenters. The fraction of sp³-hybridized carbons (Fsp3) is 0.333. The summed E-state index contributed by atoms with van der Waals surface area (Å²) in [4.78, 5) is 24.5. The smallest absolute Gasteiger partial charge is 0.334 e. The van der Waals surface area contributed by atoms with Crippen LogP contribution in [0.5, 0.6) is 11.5 Å². The van der Waals surface area contributed by atoms with Gasteiger partial charge in [0, 0.05) is 12.6 Å². The van der Waals surface area contributed by atoms with E-state index in [2.05, 4.69) is 0 Å². The van der Waals surface area contributed by atoms with Gasteiger partial charge in [0.05, 0.1) is 18.2 Å². The number of hydrogen-bond acceptors (Lipinski definition) is 5.